The SMILES string of the molecule is C[Si]1(C)CCCC(c2ccco2)O1. The zero-order valence-electron chi connectivity index (χ0n) is 8.25. The van der Waals surface area contributed by atoms with E-state index in [4.69, 9.17) is 8.84 Å². The molecule has 1 unspecified atom stereocenters. The van der Waals surface area contributed by atoms with Crippen molar-refractivity contribution in [2.45, 2.75) is 38.1 Å². The Morgan fingerprint density at radius 1 is 1.46 bits per heavy atom. The number of rotatable bonds is 1. The van der Waals surface area contributed by atoms with E-state index in [-0.39, 0.29) is 6.10 Å². The molecular weight excluding hydrogens is 180 g/mol. The van der Waals surface area contributed by atoms with E-state index in [9.17, 15) is 0 Å². The van der Waals surface area contributed by atoms with Gasteiger partial charge in [-0.25, -0.2) is 0 Å². The molecule has 0 N–H and O–H groups in total. The average Bonchev–Trinajstić information content (AvgIpc) is 2.53. The highest BCUT2D eigenvalue weighted by Gasteiger charge is 2.32. The van der Waals surface area contributed by atoms with E-state index in [2.05, 4.69) is 13.1 Å². The third-order valence-corrected chi connectivity index (χ3v) is 5.05. The second-order valence-electron chi connectivity index (χ2n) is 4.27. The summed E-state index contributed by atoms with van der Waals surface area (Å²) in [5, 5.41) is 0. The molecule has 0 spiro atoms. The van der Waals surface area contributed by atoms with Crippen molar-refractivity contribution in [3.63, 3.8) is 0 Å². The summed E-state index contributed by atoms with van der Waals surface area (Å²) in [6.45, 7) is 4.56. The first-order chi connectivity index (χ1) is 6.17. The fraction of sp³-hybridized carbons (Fsp3) is 0.600. The van der Waals surface area contributed by atoms with Crippen molar-refractivity contribution in [3.05, 3.63) is 24.2 Å². The normalized spacial score (nSPS) is 27.4. The summed E-state index contributed by atoms with van der Waals surface area (Å²) in [6.07, 6.45) is 4.35. The van der Waals surface area contributed by atoms with Crippen molar-refractivity contribution in [1.29, 1.82) is 0 Å². The monoisotopic (exact) mass is 196 g/mol. The molecule has 1 atom stereocenters. The Labute approximate surface area is 80.0 Å². The molecule has 2 heterocycles. The lowest BCUT2D eigenvalue weighted by Gasteiger charge is -2.33. The van der Waals surface area contributed by atoms with Crippen LogP contribution in [-0.4, -0.2) is 8.32 Å². The van der Waals surface area contributed by atoms with Crippen LogP contribution in [0, 0.1) is 0 Å². The summed E-state index contributed by atoms with van der Waals surface area (Å²) in [5.41, 5.74) is 0. The van der Waals surface area contributed by atoms with Gasteiger partial charge in [0.2, 0.25) is 0 Å². The molecule has 72 valence electrons. The van der Waals surface area contributed by atoms with E-state index in [1.165, 1.54) is 12.5 Å². The van der Waals surface area contributed by atoms with Gasteiger partial charge in [0.1, 0.15) is 11.9 Å². The largest absolute Gasteiger partial charge is 0.467 e. The minimum absolute atomic E-state index is 0.227. The van der Waals surface area contributed by atoms with E-state index < -0.39 is 8.32 Å². The predicted octanol–water partition coefficient (Wildman–Crippen LogP) is 3.34. The molecule has 13 heavy (non-hydrogen) atoms. The van der Waals surface area contributed by atoms with Crippen molar-refractivity contribution in [1.82, 2.24) is 0 Å². The third-order valence-electron chi connectivity index (χ3n) is 2.57. The van der Waals surface area contributed by atoms with Crippen LogP contribution in [0.3, 0.4) is 0 Å². The van der Waals surface area contributed by atoms with Gasteiger partial charge in [0.05, 0.1) is 6.26 Å². The lowest BCUT2D eigenvalue weighted by molar-refractivity contribution is 0.138. The van der Waals surface area contributed by atoms with Gasteiger partial charge in [-0.05, 0) is 37.7 Å². The van der Waals surface area contributed by atoms with Crippen LogP contribution in [-0.2, 0) is 4.43 Å². The summed E-state index contributed by atoms with van der Waals surface area (Å²) < 4.78 is 11.4. The molecule has 0 aromatic carbocycles. The molecule has 0 amide bonds. The summed E-state index contributed by atoms with van der Waals surface area (Å²) in [4.78, 5) is 0. The molecule has 1 fully saturated rings. The molecule has 0 saturated carbocycles. The third kappa shape index (κ3) is 2.03. The first kappa shape index (κ1) is 9.03. The Bertz CT molecular complexity index is 266. The Balaban J connectivity index is 2.09. The van der Waals surface area contributed by atoms with E-state index in [1.54, 1.807) is 6.26 Å². The van der Waals surface area contributed by atoms with Gasteiger partial charge in [0.15, 0.2) is 8.32 Å². The van der Waals surface area contributed by atoms with Crippen molar-refractivity contribution < 1.29 is 8.84 Å². The van der Waals surface area contributed by atoms with Gasteiger partial charge in [-0.15, -0.1) is 0 Å². The number of furan rings is 1. The fourth-order valence-corrected chi connectivity index (χ4v) is 4.07. The van der Waals surface area contributed by atoms with Crippen LogP contribution in [0.25, 0.3) is 0 Å². The smallest absolute Gasteiger partial charge is 0.187 e. The molecule has 1 aromatic heterocycles. The molecule has 2 nitrogen and oxygen atoms in total. The summed E-state index contributed by atoms with van der Waals surface area (Å²) in [7, 11) is -1.37. The topological polar surface area (TPSA) is 22.4 Å². The second kappa shape index (κ2) is 3.31. The van der Waals surface area contributed by atoms with Crippen LogP contribution in [0.1, 0.15) is 24.7 Å². The van der Waals surface area contributed by atoms with Crippen LogP contribution in [0.2, 0.25) is 19.1 Å². The van der Waals surface area contributed by atoms with Gasteiger partial charge < -0.3 is 8.84 Å². The van der Waals surface area contributed by atoms with Gasteiger partial charge in [0.25, 0.3) is 0 Å². The maximum atomic E-state index is 6.06. The zero-order valence-corrected chi connectivity index (χ0v) is 9.25. The van der Waals surface area contributed by atoms with Crippen LogP contribution >= 0.6 is 0 Å². The van der Waals surface area contributed by atoms with Crippen molar-refractivity contribution >= 4 is 8.32 Å². The van der Waals surface area contributed by atoms with Gasteiger partial charge in [-0.3, -0.25) is 0 Å². The quantitative estimate of drug-likeness (QED) is 0.643. The number of hydrogen-bond acceptors (Lipinski definition) is 2. The predicted molar refractivity (Wildman–Crippen MR) is 54.1 cm³/mol. The van der Waals surface area contributed by atoms with Crippen LogP contribution < -0.4 is 0 Å². The molecule has 0 radical (unpaired) electrons. The summed E-state index contributed by atoms with van der Waals surface area (Å²) in [5.74, 6) is 1.00. The Hall–Kier alpha value is -0.543. The van der Waals surface area contributed by atoms with Crippen LogP contribution in [0.15, 0.2) is 22.8 Å². The Morgan fingerprint density at radius 2 is 2.31 bits per heavy atom. The first-order valence-corrected chi connectivity index (χ1v) is 8.00. The molecule has 0 bridgehead atoms. The minimum atomic E-state index is -1.37. The molecule has 3 heteroatoms. The molecular formula is C10H16O2Si. The van der Waals surface area contributed by atoms with Crippen LogP contribution in [0.5, 0.6) is 0 Å². The van der Waals surface area contributed by atoms with Gasteiger partial charge >= 0.3 is 0 Å². The standard InChI is InChI=1S/C10H16O2Si/c1-13(2)8-4-6-10(12-13)9-5-3-7-11-9/h3,5,7,10H,4,6,8H2,1-2H3. The molecule has 0 aliphatic carbocycles. The van der Waals surface area contributed by atoms with Crippen molar-refractivity contribution in [2.24, 2.45) is 0 Å². The van der Waals surface area contributed by atoms with E-state index in [1.807, 2.05) is 12.1 Å². The zero-order chi connectivity index (χ0) is 9.31. The molecule has 1 aliphatic heterocycles. The highest BCUT2D eigenvalue weighted by Crippen LogP contribution is 2.35. The highest BCUT2D eigenvalue weighted by atomic mass is 28.4. The maximum absolute atomic E-state index is 6.06. The van der Waals surface area contributed by atoms with Crippen LogP contribution in [0.4, 0.5) is 0 Å². The van der Waals surface area contributed by atoms with Gasteiger partial charge in [-0.1, -0.05) is 6.42 Å². The van der Waals surface area contributed by atoms with Crippen molar-refractivity contribution in [3.8, 4) is 0 Å². The first-order valence-electron chi connectivity index (χ1n) is 4.89. The average molecular weight is 196 g/mol. The van der Waals surface area contributed by atoms with Gasteiger partial charge in [-0.2, -0.15) is 0 Å². The van der Waals surface area contributed by atoms with Gasteiger partial charge in [0, 0.05) is 0 Å². The lowest BCUT2D eigenvalue weighted by Crippen LogP contribution is -2.35. The van der Waals surface area contributed by atoms with Crippen molar-refractivity contribution in [2.75, 3.05) is 0 Å². The molecule has 1 aromatic rings. The van der Waals surface area contributed by atoms with E-state index in [0.29, 0.717) is 0 Å². The van der Waals surface area contributed by atoms with E-state index in [0.717, 1.165) is 12.2 Å². The Kier molecular flexibility index (Phi) is 2.30. The Morgan fingerprint density at radius 3 is 2.92 bits per heavy atom. The lowest BCUT2D eigenvalue weighted by atomic mass is 10.2. The molecule has 1 aliphatic rings. The molecule has 2 rings (SSSR count). The highest BCUT2D eigenvalue weighted by molar-refractivity contribution is 6.71. The summed E-state index contributed by atoms with van der Waals surface area (Å²) >= 11 is 0. The number of hydrogen-bond donors (Lipinski definition) is 0. The minimum Gasteiger partial charge on any atom is -0.467 e. The maximum Gasteiger partial charge on any atom is 0.187 e. The fourth-order valence-electron chi connectivity index (χ4n) is 1.89. The van der Waals surface area contributed by atoms with E-state index >= 15 is 0 Å². The summed E-state index contributed by atoms with van der Waals surface area (Å²) in [6, 6.07) is 5.23. The molecule has 1 saturated heterocycles. The second-order valence-corrected chi connectivity index (χ2v) is 8.53.